The lowest BCUT2D eigenvalue weighted by atomic mass is 10.1. The van der Waals surface area contributed by atoms with E-state index in [0.29, 0.717) is 11.4 Å². The summed E-state index contributed by atoms with van der Waals surface area (Å²) in [4.78, 5) is 10.4. The Balaban J connectivity index is 2.35. The minimum atomic E-state index is -0.821. The summed E-state index contributed by atoms with van der Waals surface area (Å²) in [5.41, 5.74) is 1.56. The second-order valence-electron chi connectivity index (χ2n) is 3.26. The normalized spacial score (nSPS) is 10.7. The number of aryl methyl sites for hydroxylation is 1. The molecule has 1 aromatic heterocycles. The number of rotatable bonds is 3. The van der Waals surface area contributed by atoms with Crippen LogP contribution in [0, 0.1) is 0 Å². The fraction of sp³-hybridized carbons (Fsp3) is 0.182. The molecule has 1 aromatic carbocycles. The fourth-order valence-corrected chi connectivity index (χ4v) is 1.80. The van der Waals surface area contributed by atoms with Crippen molar-refractivity contribution in [3.05, 3.63) is 35.0 Å². The minimum absolute atomic E-state index is 0.0864. The van der Waals surface area contributed by atoms with Gasteiger partial charge < -0.3 is 9.52 Å². The third-order valence-corrected chi connectivity index (χ3v) is 2.70. The van der Waals surface area contributed by atoms with Crippen molar-refractivity contribution in [2.75, 3.05) is 0 Å². The van der Waals surface area contributed by atoms with Crippen LogP contribution in [-0.4, -0.2) is 11.1 Å². The maximum atomic E-state index is 10.4. The highest BCUT2D eigenvalue weighted by molar-refractivity contribution is 6.36. The van der Waals surface area contributed by atoms with Crippen LogP contribution in [0.15, 0.2) is 28.9 Å². The van der Waals surface area contributed by atoms with Crippen LogP contribution in [0.3, 0.4) is 0 Å². The third-order valence-electron chi connectivity index (χ3n) is 2.26. The van der Waals surface area contributed by atoms with Crippen molar-refractivity contribution >= 4 is 28.5 Å². The van der Waals surface area contributed by atoms with E-state index in [4.69, 9.17) is 21.1 Å². The number of carbonyl (C=O) groups is 1. The minimum Gasteiger partial charge on any atom is -0.481 e. The molecule has 0 saturated carbocycles. The third kappa shape index (κ3) is 1.97. The predicted octanol–water partition coefficient (Wildman–Crippen LogP) is 3.10. The molecule has 0 aliphatic rings. The number of furan rings is 1. The van der Waals surface area contributed by atoms with Crippen molar-refractivity contribution in [1.29, 1.82) is 0 Å². The molecule has 0 spiro atoms. The van der Waals surface area contributed by atoms with Crippen LogP contribution in [-0.2, 0) is 11.2 Å². The molecule has 3 nitrogen and oxygen atoms in total. The van der Waals surface area contributed by atoms with E-state index in [0.717, 1.165) is 16.5 Å². The lowest BCUT2D eigenvalue weighted by molar-refractivity contribution is -0.136. The Bertz CT molecular complexity index is 502. The number of aliphatic carboxylic acids is 1. The molecule has 0 atom stereocenters. The van der Waals surface area contributed by atoms with Crippen molar-refractivity contribution in [3.8, 4) is 0 Å². The lowest BCUT2D eigenvalue weighted by Gasteiger charge is -2.02. The van der Waals surface area contributed by atoms with Crippen molar-refractivity contribution < 1.29 is 14.3 Å². The highest BCUT2D eigenvalue weighted by atomic mass is 35.5. The van der Waals surface area contributed by atoms with Gasteiger partial charge in [0, 0.05) is 11.8 Å². The highest BCUT2D eigenvalue weighted by Crippen LogP contribution is 2.28. The largest absolute Gasteiger partial charge is 0.481 e. The molecule has 15 heavy (non-hydrogen) atoms. The Morgan fingerprint density at radius 1 is 1.40 bits per heavy atom. The SMILES string of the molecule is O=C(O)CCc1ccc2occc2c1Cl. The van der Waals surface area contributed by atoms with E-state index in [-0.39, 0.29) is 6.42 Å². The molecule has 2 aromatic rings. The summed E-state index contributed by atoms with van der Waals surface area (Å²) < 4.78 is 5.18. The van der Waals surface area contributed by atoms with E-state index in [1.807, 2.05) is 0 Å². The summed E-state index contributed by atoms with van der Waals surface area (Å²) in [5, 5.41) is 10.00. The van der Waals surface area contributed by atoms with E-state index >= 15 is 0 Å². The highest BCUT2D eigenvalue weighted by Gasteiger charge is 2.08. The van der Waals surface area contributed by atoms with Gasteiger partial charge in [-0.1, -0.05) is 17.7 Å². The number of carboxylic acids is 1. The summed E-state index contributed by atoms with van der Waals surface area (Å²) in [6.07, 6.45) is 2.09. The van der Waals surface area contributed by atoms with Gasteiger partial charge >= 0.3 is 5.97 Å². The molecule has 0 saturated heterocycles. The molecule has 1 heterocycles. The topological polar surface area (TPSA) is 50.4 Å². The summed E-state index contributed by atoms with van der Waals surface area (Å²) in [5.74, 6) is -0.821. The number of hydrogen-bond acceptors (Lipinski definition) is 2. The molecule has 0 fully saturated rings. The van der Waals surface area contributed by atoms with Gasteiger partial charge in [-0.2, -0.15) is 0 Å². The van der Waals surface area contributed by atoms with Gasteiger partial charge in [0.2, 0.25) is 0 Å². The quantitative estimate of drug-likeness (QED) is 0.872. The Morgan fingerprint density at radius 3 is 2.93 bits per heavy atom. The van der Waals surface area contributed by atoms with Crippen molar-refractivity contribution in [2.24, 2.45) is 0 Å². The van der Waals surface area contributed by atoms with Crippen LogP contribution >= 0.6 is 11.6 Å². The maximum absolute atomic E-state index is 10.4. The Kier molecular flexibility index (Phi) is 2.64. The van der Waals surface area contributed by atoms with Crippen LogP contribution in [0.1, 0.15) is 12.0 Å². The van der Waals surface area contributed by atoms with Gasteiger partial charge in [0.25, 0.3) is 0 Å². The number of fused-ring (bicyclic) bond motifs is 1. The smallest absolute Gasteiger partial charge is 0.303 e. The van der Waals surface area contributed by atoms with Crippen LogP contribution < -0.4 is 0 Å². The first-order chi connectivity index (χ1) is 7.18. The molecule has 0 unspecified atom stereocenters. The average Bonchev–Trinajstić information content (AvgIpc) is 2.65. The molecule has 0 aliphatic carbocycles. The van der Waals surface area contributed by atoms with E-state index < -0.39 is 5.97 Å². The molecule has 0 aliphatic heterocycles. The van der Waals surface area contributed by atoms with Gasteiger partial charge in [-0.25, -0.2) is 0 Å². The first kappa shape index (κ1) is 10.1. The Labute approximate surface area is 91.3 Å². The second-order valence-corrected chi connectivity index (χ2v) is 3.64. The zero-order valence-corrected chi connectivity index (χ0v) is 8.62. The molecule has 1 N–H and O–H groups in total. The first-order valence-corrected chi connectivity index (χ1v) is 4.92. The Hall–Kier alpha value is -1.48. The first-order valence-electron chi connectivity index (χ1n) is 4.55. The van der Waals surface area contributed by atoms with E-state index in [1.165, 1.54) is 0 Å². The van der Waals surface area contributed by atoms with Crippen molar-refractivity contribution in [2.45, 2.75) is 12.8 Å². The molecule has 78 valence electrons. The second kappa shape index (κ2) is 3.95. The van der Waals surface area contributed by atoms with Crippen molar-refractivity contribution in [3.63, 3.8) is 0 Å². The summed E-state index contributed by atoms with van der Waals surface area (Å²) in [6.45, 7) is 0. The lowest BCUT2D eigenvalue weighted by Crippen LogP contribution is -1.97. The molecule has 4 heteroatoms. The summed E-state index contributed by atoms with van der Waals surface area (Å²) in [6, 6.07) is 5.39. The summed E-state index contributed by atoms with van der Waals surface area (Å²) >= 11 is 6.11. The standard InChI is InChI=1S/C11H9ClO3/c12-11-7(2-4-10(13)14)1-3-9-8(11)5-6-15-9/h1,3,5-6H,2,4H2,(H,13,14). The predicted molar refractivity (Wildman–Crippen MR) is 57.2 cm³/mol. The number of benzene rings is 1. The summed E-state index contributed by atoms with van der Waals surface area (Å²) in [7, 11) is 0. The van der Waals surface area contributed by atoms with Gasteiger partial charge in [0.05, 0.1) is 11.3 Å². The number of hydrogen-bond donors (Lipinski definition) is 1. The van der Waals surface area contributed by atoms with E-state index in [9.17, 15) is 4.79 Å². The maximum Gasteiger partial charge on any atom is 0.303 e. The molecule has 0 amide bonds. The van der Waals surface area contributed by atoms with Crippen LogP contribution in [0.5, 0.6) is 0 Å². The molecule has 0 bridgehead atoms. The zero-order chi connectivity index (χ0) is 10.8. The fourth-order valence-electron chi connectivity index (χ4n) is 1.49. The van der Waals surface area contributed by atoms with Gasteiger partial charge in [-0.05, 0) is 24.1 Å². The van der Waals surface area contributed by atoms with E-state index in [2.05, 4.69) is 0 Å². The number of carboxylic acid groups (broad SMARTS) is 1. The monoisotopic (exact) mass is 224 g/mol. The molecular weight excluding hydrogens is 216 g/mol. The number of halogens is 1. The van der Waals surface area contributed by atoms with Gasteiger partial charge in [-0.3, -0.25) is 4.79 Å². The van der Waals surface area contributed by atoms with Gasteiger partial charge in [0.1, 0.15) is 5.58 Å². The van der Waals surface area contributed by atoms with Crippen LogP contribution in [0.25, 0.3) is 11.0 Å². The van der Waals surface area contributed by atoms with Gasteiger partial charge in [-0.15, -0.1) is 0 Å². The average molecular weight is 225 g/mol. The van der Waals surface area contributed by atoms with Crippen molar-refractivity contribution in [1.82, 2.24) is 0 Å². The van der Waals surface area contributed by atoms with E-state index in [1.54, 1.807) is 24.5 Å². The molecule has 0 radical (unpaired) electrons. The molecule has 2 rings (SSSR count). The van der Waals surface area contributed by atoms with Gasteiger partial charge in [0.15, 0.2) is 0 Å². The Morgan fingerprint density at radius 2 is 2.20 bits per heavy atom. The zero-order valence-electron chi connectivity index (χ0n) is 7.87. The molecular formula is C11H9ClO3. The van der Waals surface area contributed by atoms with Crippen LogP contribution in [0.2, 0.25) is 5.02 Å². The van der Waals surface area contributed by atoms with Crippen LogP contribution in [0.4, 0.5) is 0 Å².